The van der Waals surface area contributed by atoms with E-state index in [1.807, 2.05) is 6.07 Å². The van der Waals surface area contributed by atoms with Gasteiger partial charge in [-0.2, -0.15) is 0 Å². The van der Waals surface area contributed by atoms with Crippen LogP contribution in [-0.4, -0.2) is 8.42 Å². The van der Waals surface area contributed by atoms with Gasteiger partial charge in [0, 0.05) is 0 Å². The molecule has 0 aliphatic rings. The Balaban J connectivity index is 2.54. The highest BCUT2D eigenvalue weighted by Gasteiger charge is 2.20. The molecule has 2 nitrogen and oxygen atoms in total. The van der Waals surface area contributed by atoms with Crippen LogP contribution in [0.1, 0.15) is 30.9 Å². The monoisotopic (exact) mass is 273 g/mol. The number of benzene rings is 2. The van der Waals surface area contributed by atoms with Gasteiger partial charge in [0.25, 0.3) is 0 Å². The minimum Gasteiger partial charge on any atom is -0.219 e. The van der Waals surface area contributed by atoms with Crippen molar-refractivity contribution in [3.05, 3.63) is 59.7 Å². The largest absolute Gasteiger partial charge is 0.219 e. The number of rotatable bonds is 3. The van der Waals surface area contributed by atoms with E-state index in [2.05, 4.69) is 19.9 Å². The van der Waals surface area contributed by atoms with Crippen LogP contribution >= 0.6 is 0 Å². The van der Waals surface area contributed by atoms with E-state index in [0.717, 1.165) is 5.56 Å². The van der Waals surface area contributed by atoms with E-state index < -0.39 is 9.84 Å². The van der Waals surface area contributed by atoms with Gasteiger partial charge < -0.3 is 0 Å². The van der Waals surface area contributed by atoms with Crippen molar-refractivity contribution in [2.75, 3.05) is 0 Å². The van der Waals surface area contributed by atoms with Gasteiger partial charge >= 0.3 is 0 Å². The lowest BCUT2D eigenvalue weighted by molar-refractivity contribution is 0.595. The molecule has 0 unspecified atom stereocenters. The number of hydrogen-bond acceptors (Lipinski definition) is 2. The van der Waals surface area contributed by atoms with Crippen molar-refractivity contribution >= 4 is 9.84 Å². The molecule has 0 aromatic heterocycles. The molecule has 0 heterocycles. The zero-order chi connectivity index (χ0) is 14.0. The van der Waals surface area contributed by atoms with Crippen LogP contribution in [0.2, 0.25) is 0 Å². The number of sulfone groups is 1. The minimum absolute atomic E-state index is 0.323. The van der Waals surface area contributed by atoms with E-state index in [4.69, 9.17) is 0 Å². The van der Waals surface area contributed by atoms with E-state index in [-0.39, 0.29) is 0 Å². The maximum Gasteiger partial charge on any atom is 0.206 e. The van der Waals surface area contributed by atoms with Gasteiger partial charge in [0.2, 0.25) is 9.84 Å². The standard InChI is InChI=1S/C16H17O2S/c1-12(2)14-9-10-16(13(3)11-14)19(17,18)15-7-5-4-6-8-15/h4-10,12H,1-3H3. The van der Waals surface area contributed by atoms with E-state index in [1.165, 1.54) is 0 Å². The molecule has 0 fully saturated rings. The van der Waals surface area contributed by atoms with Gasteiger partial charge in [-0.05, 0) is 48.2 Å². The maximum atomic E-state index is 12.5. The maximum absolute atomic E-state index is 12.5. The van der Waals surface area contributed by atoms with Gasteiger partial charge in [0.05, 0.1) is 9.79 Å². The third kappa shape index (κ3) is 2.71. The van der Waals surface area contributed by atoms with Crippen molar-refractivity contribution in [2.24, 2.45) is 0 Å². The number of aryl methyl sites for hydroxylation is 1. The second-order valence-electron chi connectivity index (χ2n) is 4.87. The summed E-state index contributed by atoms with van der Waals surface area (Å²) in [7, 11) is -3.44. The second-order valence-corrected chi connectivity index (χ2v) is 6.79. The van der Waals surface area contributed by atoms with Gasteiger partial charge in [0.1, 0.15) is 0 Å². The normalized spacial score (nSPS) is 11.8. The molecule has 0 bridgehead atoms. The molecule has 99 valence electrons. The zero-order valence-corrected chi connectivity index (χ0v) is 12.2. The summed E-state index contributed by atoms with van der Waals surface area (Å²) >= 11 is 0. The molecule has 1 radical (unpaired) electrons. The average Bonchev–Trinajstić information content (AvgIpc) is 2.39. The van der Waals surface area contributed by atoms with Crippen LogP contribution in [0.25, 0.3) is 0 Å². The van der Waals surface area contributed by atoms with Gasteiger partial charge in [-0.25, -0.2) is 8.42 Å². The molecule has 0 saturated heterocycles. The Kier molecular flexibility index (Phi) is 3.76. The van der Waals surface area contributed by atoms with E-state index in [0.29, 0.717) is 21.3 Å². The predicted molar refractivity (Wildman–Crippen MR) is 76.0 cm³/mol. The number of hydrogen-bond donors (Lipinski definition) is 0. The third-order valence-corrected chi connectivity index (χ3v) is 4.99. The Bertz CT molecular complexity index is 671. The lowest BCUT2D eigenvalue weighted by atomic mass is 10.0. The lowest BCUT2D eigenvalue weighted by Gasteiger charge is -2.11. The van der Waals surface area contributed by atoms with Crippen molar-refractivity contribution < 1.29 is 8.42 Å². The minimum atomic E-state index is -3.44. The molecule has 2 aromatic carbocycles. The average molecular weight is 273 g/mol. The fourth-order valence-electron chi connectivity index (χ4n) is 1.96. The Hall–Kier alpha value is -1.61. The predicted octanol–water partition coefficient (Wildman–Crippen LogP) is 3.75. The van der Waals surface area contributed by atoms with Crippen LogP contribution in [0.4, 0.5) is 0 Å². The Morgan fingerprint density at radius 1 is 1.00 bits per heavy atom. The quantitative estimate of drug-likeness (QED) is 0.853. The molecule has 0 saturated carbocycles. The summed E-state index contributed by atoms with van der Waals surface area (Å²) in [5, 5.41) is 0. The summed E-state index contributed by atoms with van der Waals surface area (Å²) < 4.78 is 25.0. The fraction of sp³-hybridized carbons (Fsp3) is 0.250. The van der Waals surface area contributed by atoms with Crippen molar-refractivity contribution in [1.82, 2.24) is 0 Å². The van der Waals surface area contributed by atoms with Crippen LogP contribution in [0.15, 0.2) is 52.3 Å². The third-order valence-electron chi connectivity index (χ3n) is 3.08. The smallest absolute Gasteiger partial charge is 0.206 e. The summed E-state index contributed by atoms with van der Waals surface area (Å²) in [6.07, 6.45) is 0. The van der Waals surface area contributed by atoms with Crippen molar-refractivity contribution in [2.45, 2.75) is 36.5 Å². The summed E-state index contributed by atoms with van der Waals surface area (Å²) in [4.78, 5) is 0.659. The summed E-state index contributed by atoms with van der Waals surface area (Å²) in [5.74, 6) is 0.340. The van der Waals surface area contributed by atoms with Crippen LogP contribution in [0.5, 0.6) is 0 Å². The van der Waals surface area contributed by atoms with Crippen LogP contribution in [0.3, 0.4) is 0 Å². The topological polar surface area (TPSA) is 34.1 Å². The SMILES string of the molecule is Cc1[c]c(C(C)C)ccc1S(=O)(=O)c1ccccc1. The highest BCUT2D eigenvalue weighted by atomic mass is 32.2. The van der Waals surface area contributed by atoms with Gasteiger partial charge in [0.15, 0.2) is 0 Å². The summed E-state index contributed by atoms with van der Waals surface area (Å²) in [6.45, 7) is 5.93. The molecule has 3 heteroatoms. The highest BCUT2D eigenvalue weighted by molar-refractivity contribution is 7.91. The first-order chi connectivity index (χ1) is 8.93. The van der Waals surface area contributed by atoms with Crippen molar-refractivity contribution in [3.63, 3.8) is 0 Å². The molecular formula is C16H17O2S. The molecular weight excluding hydrogens is 256 g/mol. The second kappa shape index (κ2) is 5.17. The molecule has 0 aliphatic carbocycles. The van der Waals surface area contributed by atoms with Crippen LogP contribution < -0.4 is 0 Å². The molecule has 0 amide bonds. The molecule has 2 aromatic rings. The Morgan fingerprint density at radius 2 is 1.63 bits per heavy atom. The first-order valence-electron chi connectivity index (χ1n) is 6.26. The van der Waals surface area contributed by atoms with E-state index in [9.17, 15) is 8.42 Å². The van der Waals surface area contributed by atoms with Crippen molar-refractivity contribution in [3.8, 4) is 0 Å². The fourth-order valence-corrected chi connectivity index (χ4v) is 3.44. The highest BCUT2D eigenvalue weighted by Crippen LogP contribution is 2.26. The van der Waals surface area contributed by atoms with Gasteiger partial charge in [-0.1, -0.05) is 38.1 Å². The lowest BCUT2D eigenvalue weighted by Crippen LogP contribution is -2.05. The van der Waals surface area contributed by atoms with E-state index in [1.54, 1.807) is 43.3 Å². The van der Waals surface area contributed by atoms with Crippen LogP contribution in [-0.2, 0) is 9.84 Å². The first kappa shape index (κ1) is 13.8. The van der Waals surface area contributed by atoms with Gasteiger partial charge in [-0.15, -0.1) is 0 Å². The molecule has 0 atom stereocenters. The molecule has 19 heavy (non-hydrogen) atoms. The summed E-state index contributed by atoms with van der Waals surface area (Å²) in [5.41, 5.74) is 1.71. The Labute approximate surface area is 115 Å². The van der Waals surface area contributed by atoms with Crippen LogP contribution in [0, 0.1) is 13.0 Å². The summed E-state index contributed by atoms with van der Waals surface area (Å²) in [6, 6.07) is 15.2. The molecule has 2 rings (SSSR count). The molecule has 0 aliphatic heterocycles. The Morgan fingerprint density at radius 3 is 2.16 bits per heavy atom. The zero-order valence-electron chi connectivity index (χ0n) is 11.3. The molecule has 0 spiro atoms. The van der Waals surface area contributed by atoms with Gasteiger partial charge in [-0.3, -0.25) is 0 Å². The van der Waals surface area contributed by atoms with E-state index >= 15 is 0 Å². The molecule has 0 N–H and O–H groups in total. The first-order valence-corrected chi connectivity index (χ1v) is 7.74. The van der Waals surface area contributed by atoms with Crippen molar-refractivity contribution in [1.29, 1.82) is 0 Å².